The maximum absolute atomic E-state index is 12.6. The standard InChI is InChI=1S/C22H25N7O2S2/c1-12-3-8-15-16(9-12)33-20-18(15)19-23-11-24-29(19)21-26-27-22(28(20)21)32-10-17(30)25-13-4-6-14(31-2)7-5-13/h4-7,12,19,23-24H,3,8-11H2,1-2H3,(H,25,30)/t12-,19?/m1/s1. The third-order valence-electron chi connectivity index (χ3n) is 6.35. The quantitative estimate of drug-likeness (QED) is 0.477. The lowest BCUT2D eigenvalue weighted by atomic mass is 9.87. The fourth-order valence-electron chi connectivity index (χ4n) is 4.73. The van der Waals surface area contributed by atoms with Crippen LogP contribution in [-0.2, 0) is 17.6 Å². The molecule has 3 aromatic rings. The summed E-state index contributed by atoms with van der Waals surface area (Å²) < 4.78 is 7.29. The van der Waals surface area contributed by atoms with Crippen LogP contribution in [0.1, 0.15) is 35.5 Å². The third-order valence-corrected chi connectivity index (χ3v) is 8.53. The van der Waals surface area contributed by atoms with Crippen LogP contribution in [0.15, 0.2) is 29.4 Å². The van der Waals surface area contributed by atoms with Crippen LogP contribution in [0.4, 0.5) is 11.6 Å². The minimum atomic E-state index is -0.0864. The average Bonchev–Trinajstić information content (AvgIpc) is 3.53. The summed E-state index contributed by atoms with van der Waals surface area (Å²) in [6.07, 6.45) is 3.52. The molecule has 4 heterocycles. The Labute approximate surface area is 199 Å². The number of thioether (sulfide) groups is 1. The SMILES string of the molecule is COc1ccc(NC(=O)CSc2nnc3n2-c2sc4c(c2C2NCNN32)CC[C@@H](C)C4)cc1. The molecule has 11 heteroatoms. The molecule has 0 saturated carbocycles. The van der Waals surface area contributed by atoms with Gasteiger partial charge in [0.2, 0.25) is 11.9 Å². The van der Waals surface area contributed by atoms with Crippen molar-refractivity contribution in [3.8, 4) is 10.8 Å². The molecule has 1 aliphatic carbocycles. The van der Waals surface area contributed by atoms with Gasteiger partial charge in [-0.3, -0.25) is 15.1 Å². The largest absolute Gasteiger partial charge is 0.497 e. The van der Waals surface area contributed by atoms with Gasteiger partial charge in [0.05, 0.1) is 19.5 Å². The Hall–Kier alpha value is -2.60. The van der Waals surface area contributed by atoms with E-state index in [0.717, 1.165) is 35.4 Å². The zero-order chi connectivity index (χ0) is 22.5. The van der Waals surface area contributed by atoms with Gasteiger partial charge in [-0.05, 0) is 55.0 Å². The molecule has 33 heavy (non-hydrogen) atoms. The first-order valence-electron chi connectivity index (χ1n) is 11.1. The van der Waals surface area contributed by atoms with Gasteiger partial charge in [-0.15, -0.1) is 21.5 Å². The van der Waals surface area contributed by atoms with Crippen LogP contribution < -0.4 is 25.8 Å². The van der Waals surface area contributed by atoms with Crippen molar-refractivity contribution in [1.82, 2.24) is 25.5 Å². The number of rotatable bonds is 5. The van der Waals surface area contributed by atoms with Crippen molar-refractivity contribution in [1.29, 1.82) is 0 Å². The second-order valence-corrected chi connectivity index (χ2v) is 10.6. The molecule has 1 amide bonds. The lowest BCUT2D eigenvalue weighted by Gasteiger charge is -2.31. The number of benzene rings is 1. The molecule has 1 fully saturated rings. The number of carbonyl (C=O) groups excluding carboxylic acids is 1. The molecule has 9 nitrogen and oxygen atoms in total. The van der Waals surface area contributed by atoms with E-state index in [4.69, 9.17) is 4.74 Å². The van der Waals surface area contributed by atoms with Crippen LogP contribution in [0.3, 0.4) is 0 Å². The Morgan fingerprint density at radius 1 is 1.33 bits per heavy atom. The number of nitrogens with one attached hydrogen (secondary N) is 3. The van der Waals surface area contributed by atoms with Crippen LogP contribution >= 0.6 is 23.1 Å². The second kappa shape index (κ2) is 8.32. The third kappa shape index (κ3) is 3.59. The molecule has 2 aliphatic heterocycles. The summed E-state index contributed by atoms with van der Waals surface area (Å²) >= 11 is 3.26. The summed E-state index contributed by atoms with van der Waals surface area (Å²) in [4.78, 5) is 14.1. The number of hydrogen-bond donors (Lipinski definition) is 3. The van der Waals surface area contributed by atoms with Gasteiger partial charge in [-0.1, -0.05) is 18.7 Å². The first-order valence-corrected chi connectivity index (χ1v) is 12.9. The smallest absolute Gasteiger partial charge is 0.249 e. The molecule has 6 rings (SSSR count). The summed E-state index contributed by atoms with van der Waals surface area (Å²) in [7, 11) is 1.62. The predicted molar refractivity (Wildman–Crippen MR) is 129 cm³/mol. The van der Waals surface area contributed by atoms with E-state index >= 15 is 0 Å². The van der Waals surface area contributed by atoms with Crippen molar-refractivity contribution in [2.75, 3.05) is 29.9 Å². The van der Waals surface area contributed by atoms with E-state index in [-0.39, 0.29) is 17.8 Å². The number of hydrazine groups is 1. The lowest BCUT2D eigenvalue weighted by molar-refractivity contribution is -0.113. The maximum Gasteiger partial charge on any atom is 0.249 e. The van der Waals surface area contributed by atoms with Gasteiger partial charge >= 0.3 is 0 Å². The molecular weight excluding hydrogens is 458 g/mol. The molecule has 3 N–H and O–H groups in total. The number of ether oxygens (including phenoxy) is 1. The fraction of sp³-hybridized carbons (Fsp3) is 0.409. The zero-order valence-corrected chi connectivity index (χ0v) is 20.1. The summed E-state index contributed by atoms with van der Waals surface area (Å²) in [5, 5.41) is 19.4. The van der Waals surface area contributed by atoms with Crippen LogP contribution in [0.25, 0.3) is 5.00 Å². The van der Waals surface area contributed by atoms with Gasteiger partial charge in [0.25, 0.3) is 0 Å². The number of methoxy groups -OCH3 is 1. The normalized spacial score (nSPS) is 20.6. The molecule has 1 aromatic carbocycles. The highest BCUT2D eigenvalue weighted by molar-refractivity contribution is 7.99. The number of aromatic nitrogens is 3. The Kier molecular flexibility index (Phi) is 5.28. The number of fused-ring (bicyclic) bond motifs is 8. The highest BCUT2D eigenvalue weighted by Crippen LogP contribution is 2.48. The molecule has 2 atom stereocenters. The maximum atomic E-state index is 12.6. The predicted octanol–water partition coefficient (Wildman–Crippen LogP) is 3.08. The number of carbonyl (C=O) groups is 1. The first-order chi connectivity index (χ1) is 16.1. The van der Waals surface area contributed by atoms with Crippen LogP contribution in [0.5, 0.6) is 5.75 Å². The summed E-state index contributed by atoms with van der Waals surface area (Å²) in [6.45, 7) is 3.01. The number of anilines is 2. The minimum absolute atomic E-state index is 0.0707. The molecule has 3 aliphatic rings. The lowest BCUT2D eigenvalue weighted by Crippen LogP contribution is -2.39. The van der Waals surface area contributed by atoms with Gasteiger partial charge in [0.1, 0.15) is 16.9 Å². The molecule has 0 spiro atoms. The van der Waals surface area contributed by atoms with E-state index in [1.54, 1.807) is 7.11 Å². The summed E-state index contributed by atoms with van der Waals surface area (Å²) in [5.41, 5.74) is 6.94. The van der Waals surface area contributed by atoms with Crippen LogP contribution in [-0.4, -0.2) is 40.2 Å². The highest BCUT2D eigenvalue weighted by Gasteiger charge is 2.42. The van der Waals surface area contributed by atoms with E-state index < -0.39 is 0 Å². The zero-order valence-electron chi connectivity index (χ0n) is 18.4. The van der Waals surface area contributed by atoms with Gasteiger partial charge in [-0.2, -0.15) is 0 Å². The fourth-order valence-corrected chi connectivity index (χ4v) is 7.06. The molecule has 0 bridgehead atoms. The van der Waals surface area contributed by atoms with Crippen molar-refractivity contribution in [3.63, 3.8) is 0 Å². The van der Waals surface area contributed by atoms with E-state index in [0.29, 0.717) is 12.6 Å². The van der Waals surface area contributed by atoms with Crippen molar-refractivity contribution >= 4 is 40.6 Å². The van der Waals surface area contributed by atoms with Gasteiger partial charge in [0.15, 0.2) is 5.16 Å². The number of amides is 1. The molecule has 1 saturated heterocycles. The summed E-state index contributed by atoms with van der Waals surface area (Å²) in [6, 6.07) is 7.31. The second-order valence-electron chi connectivity index (χ2n) is 8.57. The minimum Gasteiger partial charge on any atom is -0.497 e. The molecule has 2 aromatic heterocycles. The number of thiophene rings is 1. The number of nitrogens with zero attached hydrogens (tertiary/aromatic N) is 4. The topological polar surface area (TPSA) is 96.3 Å². The van der Waals surface area contributed by atoms with Gasteiger partial charge in [-0.25, -0.2) is 9.99 Å². The van der Waals surface area contributed by atoms with Crippen molar-refractivity contribution < 1.29 is 9.53 Å². The first kappa shape index (κ1) is 21.0. The number of hydrogen-bond acceptors (Lipinski definition) is 9. The summed E-state index contributed by atoms with van der Waals surface area (Å²) in [5.74, 6) is 2.39. The van der Waals surface area contributed by atoms with Crippen LogP contribution in [0.2, 0.25) is 0 Å². The van der Waals surface area contributed by atoms with Gasteiger partial charge in [0, 0.05) is 16.1 Å². The van der Waals surface area contributed by atoms with E-state index in [9.17, 15) is 4.79 Å². The Morgan fingerprint density at radius 2 is 2.18 bits per heavy atom. The molecule has 0 radical (unpaired) electrons. The Balaban J connectivity index is 1.26. The Morgan fingerprint density at radius 3 is 3.00 bits per heavy atom. The van der Waals surface area contributed by atoms with E-state index in [2.05, 4.69) is 42.8 Å². The Bertz CT molecular complexity index is 1210. The van der Waals surface area contributed by atoms with E-state index in [1.165, 1.54) is 39.2 Å². The van der Waals surface area contributed by atoms with Crippen molar-refractivity contribution in [2.45, 2.75) is 37.5 Å². The average molecular weight is 484 g/mol. The van der Waals surface area contributed by atoms with Crippen molar-refractivity contribution in [3.05, 3.63) is 40.3 Å². The molecular formula is C22H25N7O2S2. The van der Waals surface area contributed by atoms with Crippen LogP contribution in [0, 0.1) is 5.92 Å². The monoisotopic (exact) mass is 483 g/mol. The van der Waals surface area contributed by atoms with Gasteiger partial charge < -0.3 is 10.1 Å². The van der Waals surface area contributed by atoms with E-state index in [1.807, 2.05) is 35.6 Å². The van der Waals surface area contributed by atoms with Crippen molar-refractivity contribution in [2.24, 2.45) is 5.92 Å². The highest BCUT2D eigenvalue weighted by atomic mass is 32.2. The molecule has 1 unspecified atom stereocenters. The molecule has 172 valence electrons.